The number of aliphatic hydroxyl groups is 1. The third kappa shape index (κ3) is 11.1. The fraction of sp³-hybridized carbons (Fsp3) is 0.800. The fourth-order valence-electron chi connectivity index (χ4n) is 1.91. The van der Waals surface area contributed by atoms with Gasteiger partial charge in [-0.2, -0.15) is 0 Å². The zero-order chi connectivity index (χ0) is 16.1. The molecule has 0 amide bonds. The van der Waals surface area contributed by atoms with Gasteiger partial charge in [0.25, 0.3) is 0 Å². The standard InChI is InChI=1S/C12H24N2.C3H7NO3/c1-3-4-5-6-7-8-9-14-11-10-13(2)12-14;4-2(1-5)3(6)7/h10-11H,3-9,12H2,1-2H3;2,5H,1,4H2,(H,6,7). The van der Waals surface area contributed by atoms with Gasteiger partial charge >= 0.3 is 5.97 Å². The van der Waals surface area contributed by atoms with E-state index in [0.717, 1.165) is 6.67 Å². The molecule has 6 nitrogen and oxygen atoms in total. The van der Waals surface area contributed by atoms with E-state index in [1.807, 2.05) is 0 Å². The summed E-state index contributed by atoms with van der Waals surface area (Å²) in [6.45, 7) is 4.07. The van der Waals surface area contributed by atoms with Crippen LogP contribution in [0.1, 0.15) is 45.4 Å². The normalized spacial score (nSPS) is 14.9. The fourth-order valence-corrected chi connectivity index (χ4v) is 1.91. The number of aliphatic carboxylic acids is 1. The Bertz CT molecular complexity index is 298. The first kappa shape index (κ1) is 19.7. The maximum Gasteiger partial charge on any atom is 0.322 e. The van der Waals surface area contributed by atoms with Gasteiger partial charge in [0, 0.05) is 26.0 Å². The summed E-state index contributed by atoms with van der Waals surface area (Å²) < 4.78 is 0. The summed E-state index contributed by atoms with van der Waals surface area (Å²) in [6, 6.07) is -1.13. The van der Waals surface area contributed by atoms with E-state index < -0.39 is 18.6 Å². The van der Waals surface area contributed by atoms with Crippen molar-refractivity contribution in [3.63, 3.8) is 0 Å². The lowest BCUT2D eigenvalue weighted by molar-refractivity contribution is -0.139. The van der Waals surface area contributed by atoms with Gasteiger partial charge in [-0.3, -0.25) is 4.79 Å². The smallest absolute Gasteiger partial charge is 0.322 e. The molecule has 0 saturated carbocycles. The number of carboxylic acids is 1. The van der Waals surface area contributed by atoms with Crippen LogP contribution in [0.2, 0.25) is 0 Å². The van der Waals surface area contributed by atoms with Crippen molar-refractivity contribution in [2.45, 2.75) is 51.5 Å². The van der Waals surface area contributed by atoms with Gasteiger partial charge in [-0.05, 0) is 6.42 Å². The molecule has 4 N–H and O–H groups in total. The van der Waals surface area contributed by atoms with E-state index in [1.165, 1.54) is 45.1 Å². The number of rotatable bonds is 9. The van der Waals surface area contributed by atoms with Gasteiger partial charge in [-0.15, -0.1) is 0 Å². The van der Waals surface area contributed by atoms with E-state index in [2.05, 4.69) is 36.2 Å². The molecular formula is C15H31N3O3. The summed E-state index contributed by atoms with van der Waals surface area (Å²) in [5.41, 5.74) is 4.77. The zero-order valence-electron chi connectivity index (χ0n) is 13.4. The van der Waals surface area contributed by atoms with E-state index in [0.29, 0.717) is 0 Å². The summed E-state index contributed by atoms with van der Waals surface area (Å²) >= 11 is 0. The molecule has 1 heterocycles. The van der Waals surface area contributed by atoms with Crippen molar-refractivity contribution < 1.29 is 15.0 Å². The second-order valence-corrected chi connectivity index (χ2v) is 5.40. The Hall–Kier alpha value is -1.27. The lowest BCUT2D eigenvalue weighted by Crippen LogP contribution is -2.33. The van der Waals surface area contributed by atoms with E-state index in [-0.39, 0.29) is 0 Å². The van der Waals surface area contributed by atoms with Crippen LogP contribution in [0.15, 0.2) is 12.4 Å². The molecule has 0 radical (unpaired) electrons. The van der Waals surface area contributed by atoms with E-state index in [1.54, 1.807) is 0 Å². The number of unbranched alkanes of at least 4 members (excludes halogenated alkanes) is 5. The molecule has 1 unspecified atom stereocenters. The summed E-state index contributed by atoms with van der Waals surface area (Å²) in [4.78, 5) is 14.3. The van der Waals surface area contributed by atoms with Crippen molar-refractivity contribution >= 4 is 5.97 Å². The summed E-state index contributed by atoms with van der Waals surface area (Å²) in [5, 5.41) is 15.9. The minimum atomic E-state index is -1.18. The Balaban J connectivity index is 0.000000486. The predicted octanol–water partition coefficient (Wildman–Crippen LogP) is 1.41. The molecule has 0 saturated heterocycles. The minimum absolute atomic E-state index is 0.505. The van der Waals surface area contributed by atoms with Crippen molar-refractivity contribution in [3.8, 4) is 0 Å². The number of carboxylic acid groups (broad SMARTS) is 1. The third-order valence-corrected chi connectivity index (χ3v) is 3.25. The quantitative estimate of drug-likeness (QED) is 0.558. The Morgan fingerprint density at radius 2 is 1.86 bits per heavy atom. The van der Waals surface area contributed by atoms with Crippen molar-refractivity contribution in [1.82, 2.24) is 9.80 Å². The number of nitrogens with zero attached hydrogens (tertiary/aromatic N) is 2. The van der Waals surface area contributed by atoms with Crippen LogP contribution in [0.25, 0.3) is 0 Å². The van der Waals surface area contributed by atoms with Crippen LogP contribution >= 0.6 is 0 Å². The van der Waals surface area contributed by atoms with Gasteiger partial charge in [0.1, 0.15) is 6.04 Å². The second kappa shape index (κ2) is 12.5. The molecule has 1 aliphatic heterocycles. The maximum atomic E-state index is 9.65. The Morgan fingerprint density at radius 3 is 2.29 bits per heavy atom. The predicted molar refractivity (Wildman–Crippen MR) is 84.5 cm³/mol. The van der Waals surface area contributed by atoms with Crippen molar-refractivity contribution in [2.75, 3.05) is 26.9 Å². The SMILES string of the molecule is CCCCCCCCN1C=CN(C)C1.NC(CO)C(=O)O. The average Bonchev–Trinajstić information content (AvgIpc) is 2.88. The topological polar surface area (TPSA) is 90.0 Å². The monoisotopic (exact) mass is 301 g/mol. The molecule has 0 bridgehead atoms. The molecule has 0 aromatic rings. The highest BCUT2D eigenvalue weighted by Crippen LogP contribution is 2.08. The molecule has 1 aliphatic rings. The van der Waals surface area contributed by atoms with Crippen LogP contribution in [0.5, 0.6) is 0 Å². The van der Waals surface area contributed by atoms with Crippen LogP contribution in [0, 0.1) is 0 Å². The van der Waals surface area contributed by atoms with Crippen molar-refractivity contribution in [3.05, 3.63) is 12.4 Å². The Labute approximate surface area is 128 Å². The highest BCUT2D eigenvalue weighted by molar-refractivity contribution is 5.73. The van der Waals surface area contributed by atoms with Crippen LogP contribution < -0.4 is 5.73 Å². The maximum absolute atomic E-state index is 9.65. The number of hydrogen-bond donors (Lipinski definition) is 3. The summed E-state index contributed by atoms with van der Waals surface area (Å²) in [7, 11) is 2.12. The highest BCUT2D eigenvalue weighted by Gasteiger charge is 2.07. The molecular weight excluding hydrogens is 270 g/mol. The first-order valence-corrected chi connectivity index (χ1v) is 7.73. The van der Waals surface area contributed by atoms with Gasteiger partial charge < -0.3 is 25.7 Å². The van der Waals surface area contributed by atoms with Crippen molar-refractivity contribution in [1.29, 1.82) is 0 Å². The molecule has 21 heavy (non-hydrogen) atoms. The van der Waals surface area contributed by atoms with Crippen LogP contribution in [-0.2, 0) is 4.79 Å². The first-order valence-electron chi connectivity index (χ1n) is 7.73. The van der Waals surface area contributed by atoms with Crippen LogP contribution in [0.3, 0.4) is 0 Å². The second-order valence-electron chi connectivity index (χ2n) is 5.40. The van der Waals surface area contributed by atoms with Gasteiger partial charge in [0.15, 0.2) is 0 Å². The third-order valence-electron chi connectivity index (χ3n) is 3.25. The highest BCUT2D eigenvalue weighted by atomic mass is 16.4. The molecule has 1 rings (SSSR count). The molecule has 0 spiro atoms. The van der Waals surface area contributed by atoms with E-state index >= 15 is 0 Å². The van der Waals surface area contributed by atoms with E-state index in [4.69, 9.17) is 15.9 Å². The molecule has 6 heteroatoms. The lowest BCUT2D eigenvalue weighted by Gasteiger charge is -2.17. The van der Waals surface area contributed by atoms with Gasteiger partial charge in [0.05, 0.1) is 13.3 Å². The van der Waals surface area contributed by atoms with Crippen molar-refractivity contribution in [2.24, 2.45) is 5.73 Å². The largest absolute Gasteiger partial charge is 0.480 e. The van der Waals surface area contributed by atoms with Gasteiger partial charge in [0.2, 0.25) is 0 Å². The Kier molecular flexibility index (Phi) is 11.7. The molecule has 0 aliphatic carbocycles. The first-order chi connectivity index (χ1) is 10.0. The molecule has 0 aromatic heterocycles. The zero-order valence-corrected chi connectivity index (χ0v) is 13.4. The van der Waals surface area contributed by atoms with E-state index in [9.17, 15) is 4.79 Å². The number of aliphatic hydroxyl groups excluding tert-OH is 1. The summed E-state index contributed by atoms with van der Waals surface area (Å²) in [5.74, 6) is -1.18. The molecule has 0 aromatic carbocycles. The average molecular weight is 301 g/mol. The van der Waals surface area contributed by atoms with Gasteiger partial charge in [-0.1, -0.05) is 39.0 Å². The van der Waals surface area contributed by atoms with Crippen LogP contribution in [-0.4, -0.2) is 58.9 Å². The summed E-state index contributed by atoms with van der Waals surface area (Å²) in [6.07, 6.45) is 12.7. The number of nitrogens with two attached hydrogens (primary N) is 1. The van der Waals surface area contributed by atoms with Gasteiger partial charge in [-0.25, -0.2) is 0 Å². The molecule has 0 fully saturated rings. The minimum Gasteiger partial charge on any atom is -0.480 e. The Morgan fingerprint density at radius 1 is 1.24 bits per heavy atom. The lowest BCUT2D eigenvalue weighted by atomic mass is 10.1. The molecule has 124 valence electrons. The van der Waals surface area contributed by atoms with Crippen LogP contribution in [0.4, 0.5) is 0 Å². The number of carbonyl (C=O) groups is 1. The molecule has 1 atom stereocenters. The number of hydrogen-bond acceptors (Lipinski definition) is 5.